The third-order valence-corrected chi connectivity index (χ3v) is 6.57. The van der Waals surface area contributed by atoms with Crippen molar-refractivity contribution in [3.63, 3.8) is 0 Å². The molecule has 1 fully saturated rings. The zero-order valence-corrected chi connectivity index (χ0v) is 15.1. The maximum atomic E-state index is 10.8. The van der Waals surface area contributed by atoms with Crippen molar-refractivity contribution in [1.82, 2.24) is 4.90 Å². The third kappa shape index (κ3) is 2.56. The first-order valence-corrected chi connectivity index (χ1v) is 9.71. The normalized spacial score (nSPS) is 22.0. The molecule has 0 aromatic heterocycles. The van der Waals surface area contributed by atoms with E-state index in [0.29, 0.717) is 0 Å². The van der Waals surface area contributed by atoms with E-state index in [-0.39, 0.29) is 11.5 Å². The molecule has 5 rings (SSSR count). The lowest BCUT2D eigenvalue weighted by Crippen LogP contribution is -2.47. The number of rotatable bonds is 2. The predicted octanol–water partition coefficient (Wildman–Crippen LogP) is 4.29. The second-order valence-corrected chi connectivity index (χ2v) is 7.99. The van der Waals surface area contributed by atoms with Gasteiger partial charge < -0.3 is 5.11 Å². The first kappa shape index (κ1) is 16.0. The highest BCUT2D eigenvalue weighted by Gasteiger charge is 2.47. The molecule has 0 radical (unpaired) electrons. The molecule has 2 aliphatic rings. The Morgan fingerprint density at radius 2 is 1.62 bits per heavy atom. The molecule has 3 aromatic rings. The minimum absolute atomic E-state index is 0.0174. The molecular weight excluding hydrogens is 318 g/mol. The summed E-state index contributed by atoms with van der Waals surface area (Å²) in [7, 11) is 0. The zero-order valence-electron chi connectivity index (χ0n) is 15.1. The smallest absolute Gasteiger partial charge is 0.0678 e. The van der Waals surface area contributed by atoms with Gasteiger partial charge in [0.2, 0.25) is 0 Å². The summed E-state index contributed by atoms with van der Waals surface area (Å²) in [6, 6.07) is 24.0. The Morgan fingerprint density at radius 3 is 2.46 bits per heavy atom. The van der Waals surface area contributed by atoms with Crippen molar-refractivity contribution in [2.75, 3.05) is 13.1 Å². The maximum absolute atomic E-state index is 10.8. The van der Waals surface area contributed by atoms with Crippen molar-refractivity contribution in [1.29, 1.82) is 0 Å². The van der Waals surface area contributed by atoms with Gasteiger partial charge in [-0.15, -0.1) is 0 Å². The van der Waals surface area contributed by atoms with E-state index in [1.54, 1.807) is 0 Å². The van der Waals surface area contributed by atoms with Crippen molar-refractivity contribution >= 4 is 10.8 Å². The molecule has 1 saturated heterocycles. The van der Waals surface area contributed by atoms with E-state index in [2.05, 4.69) is 71.6 Å². The molecule has 1 N–H and O–H groups in total. The van der Waals surface area contributed by atoms with Crippen LogP contribution in [0.2, 0.25) is 0 Å². The van der Waals surface area contributed by atoms with Gasteiger partial charge in [0, 0.05) is 12.0 Å². The lowest BCUT2D eigenvalue weighted by molar-refractivity contribution is 0.0414. The van der Waals surface area contributed by atoms with Gasteiger partial charge in [-0.3, -0.25) is 4.90 Å². The molecule has 132 valence electrons. The van der Waals surface area contributed by atoms with Crippen LogP contribution in [0.4, 0.5) is 0 Å². The summed E-state index contributed by atoms with van der Waals surface area (Å²) in [5.74, 6) is 0. The van der Waals surface area contributed by atoms with Gasteiger partial charge in [0.1, 0.15) is 0 Å². The van der Waals surface area contributed by atoms with E-state index in [9.17, 15) is 5.11 Å². The minimum atomic E-state index is -0.220. The molecule has 26 heavy (non-hydrogen) atoms. The Kier molecular flexibility index (Phi) is 3.84. The van der Waals surface area contributed by atoms with Gasteiger partial charge >= 0.3 is 0 Å². The molecule has 1 atom stereocenters. The molecule has 0 amide bonds. The Labute approximate surface area is 155 Å². The van der Waals surface area contributed by atoms with Gasteiger partial charge in [-0.05, 0) is 65.9 Å². The van der Waals surface area contributed by atoms with Crippen LogP contribution in [0.3, 0.4) is 0 Å². The number of nitrogens with zero attached hydrogens (tertiary/aromatic N) is 1. The lowest BCUT2D eigenvalue weighted by atomic mass is 9.72. The first-order chi connectivity index (χ1) is 12.7. The van der Waals surface area contributed by atoms with Crippen LogP contribution in [0.1, 0.15) is 29.5 Å². The highest BCUT2D eigenvalue weighted by atomic mass is 16.3. The Hall–Kier alpha value is -2.16. The summed E-state index contributed by atoms with van der Waals surface area (Å²) in [6.07, 6.45) is 2.71. The highest BCUT2D eigenvalue weighted by molar-refractivity contribution is 5.82. The highest BCUT2D eigenvalue weighted by Crippen LogP contribution is 2.46. The average molecular weight is 343 g/mol. The number of aliphatic hydroxyl groups is 1. The topological polar surface area (TPSA) is 23.5 Å². The molecule has 1 aliphatic heterocycles. The average Bonchev–Trinajstić information content (AvgIpc) is 2.95. The predicted molar refractivity (Wildman–Crippen MR) is 106 cm³/mol. The van der Waals surface area contributed by atoms with Crippen molar-refractivity contribution in [3.05, 3.63) is 83.4 Å². The van der Waals surface area contributed by atoms with E-state index in [0.717, 1.165) is 38.9 Å². The summed E-state index contributed by atoms with van der Waals surface area (Å²) in [5, 5.41) is 13.4. The van der Waals surface area contributed by atoms with Crippen LogP contribution < -0.4 is 0 Å². The van der Waals surface area contributed by atoms with Crippen LogP contribution in [0.15, 0.2) is 66.7 Å². The molecular formula is C24H25NO. The molecule has 1 heterocycles. The number of likely N-dealkylation sites (tertiary alicyclic amines) is 1. The van der Waals surface area contributed by atoms with Gasteiger partial charge in [0.15, 0.2) is 0 Å². The van der Waals surface area contributed by atoms with E-state index >= 15 is 0 Å². The van der Waals surface area contributed by atoms with Crippen LogP contribution in [-0.4, -0.2) is 29.2 Å². The van der Waals surface area contributed by atoms with Crippen LogP contribution in [0.5, 0.6) is 0 Å². The summed E-state index contributed by atoms with van der Waals surface area (Å²) in [5.41, 5.74) is 4.11. The Bertz CT molecular complexity index is 940. The van der Waals surface area contributed by atoms with Crippen LogP contribution >= 0.6 is 0 Å². The van der Waals surface area contributed by atoms with E-state index < -0.39 is 0 Å². The summed E-state index contributed by atoms with van der Waals surface area (Å²) >= 11 is 0. The molecule has 1 spiro atoms. The molecule has 0 bridgehead atoms. The Balaban J connectivity index is 1.33. The monoisotopic (exact) mass is 343 g/mol. The van der Waals surface area contributed by atoms with E-state index in [4.69, 9.17) is 0 Å². The number of hydrogen-bond donors (Lipinski definition) is 1. The number of fused-ring (bicyclic) bond motifs is 3. The second kappa shape index (κ2) is 6.22. The number of benzene rings is 3. The van der Waals surface area contributed by atoms with Gasteiger partial charge in [-0.2, -0.15) is 0 Å². The zero-order chi connectivity index (χ0) is 17.6. The molecule has 2 nitrogen and oxygen atoms in total. The van der Waals surface area contributed by atoms with Gasteiger partial charge in [-0.25, -0.2) is 0 Å². The molecule has 3 aromatic carbocycles. The summed E-state index contributed by atoms with van der Waals surface area (Å²) < 4.78 is 0. The quantitative estimate of drug-likeness (QED) is 0.750. The number of aliphatic hydroxyl groups excluding tert-OH is 1. The van der Waals surface area contributed by atoms with E-state index in [1.165, 1.54) is 27.5 Å². The number of piperidine rings is 1. The SMILES string of the molecule is OC1Cc2ccccc2C12CCN(Cc1ccc3ccccc3c1)CC2. The third-order valence-electron chi connectivity index (χ3n) is 6.57. The van der Waals surface area contributed by atoms with E-state index in [1.807, 2.05) is 0 Å². The summed E-state index contributed by atoms with van der Waals surface area (Å²) in [4.78, 5) is 2.54. The second-order valence-electron chi connectivity index (χ2n) is 7.99. The van der Waals surface area contributed by atoms with Crippen LogP contribution in [0, 0.1) is 0 Å². The minimum Gasteiger partial charge on any atom is -0.392 e. The molecule has 1 aliphatic carbocycles. The fraction of sp³-hybridized carbons (Fsp3) is 0.333. The largest absolute Gasteiger partial charge is 0.392 e. The first-order valence-electron chi connectivity index (χ1n) is 9.71. The lowest BCUT2D eigenvalue weighted by Gasteiger charge is -2.42. The van der Waals surface area contributed by atoms with Crippen molar-refractivity contribution < 1.29 is 5.11 Å². The molecule has 2 heteroatoms. The Morgan fingerprint density at radius 1 is 0.885 bits per heavy atom. The van der Waals surface area contributed by atoms with Crippen LogP contribution in [-0.2, 0) is 18.4 Å². The summed E-state index contributed by atoms with van der Waals surface area (Å²) in [6.45, 7) is 3.11. The molecule has 0 saturated carbocycles. The van der Waals surface area contributed by atoms with Crippen molar-refractivity contribution in [2.45, 2.75) is 37.3 Å². The fourth-order valence-electron chi connectivity index (χ4n) is 5.08. The maximum Gasteiger partial charge on any atom is 0.0678 e. The van der Waals surface area contributed by atoms with Crippen molar-refractivity contribution in [3.8, 4) is 0 Å². The van der Waals surface area contributed by atoms with Gasteiger partial charge in [-0.1, -0.05) is 60.7 Å². The standard InChI is InChI=1S/C24H25NO/c26-23-16-21-7-3-4-8-22(21)24(23)11-13-25(14-12-24)17-18-9-10-19-5-1-2-6-20(19)15-18/h1-10,15,23,26H,11-14,16-17H2. The van der Waals surface area contributed by atoms with Crippen molar-refractivity contribution in [2.24, 2.45) is 0 Å². The van der Waals surface area contributed by atoms with Crippen LogP contribution in [0.25, 0.3) is 10.8 Å². The number of hydrogen-bond acceptors (Lipinski definition) is 2. The molecule has 1 unspecified atom stereocenters. The van der Waals surface area contributed by atoms with Gasteiger partial charge in [0.25, 0.3) is 0 Å². The fourth-order valence-corrected chi connectivity index (χ4v) is 5.08. The van der Waals surface area contributed by atoms with Gasteiger partial charge in [0.05, 0.1) is 6.10 Å².